The Morgan fingerprint density at radius 3 is 2.05 bits per heavy atom. The van der Waals surface area contributed by atoms with Gasteiger partial charge < -0.3 is 5.32 Å². The molecule has 0 aliphatic carbocycles. The van der Waals surface area contributed by atoms with Gasteiger partial charge in [0.15, 0.2) is 0 Å². The molecule has 1 aromatic carbocycles. The van der Waals surface area contributed by atoms with Crippen molar-refractivity contribution in [1.29, 1.82) is 0 Å². The van der Waals surface area contributed by atoms with Crippen molar-refractivity contribution in [1.82, 2.24) is 5.32 Å². The Kier molecular flexibility index (Phi) is 14.2. The van der Waals surface area contributed by atoms with Crippen LogP contribution in [0.4, 0.5) is 0 Å². The number of unbranched alkanes of at least 4 members (excludes halogenated alkanes) is 1. The van der Waals surface area contributed by atoms with E-state index < -0.39 is 0 Å². The lowest BCUT2D eigenvalue weighted by Crippen LogP contribution is -2.21. The molecule has 19 heavy (non-hydrogen) atoms. The van der Waals surface area contributed by atoms with Gasteiger partial charge in [0, 0.05) is 18.8 Å². The van der Waals surface area contributed by atoms with Crippen LogP contribution in [0.15, 0.2) is 36.4 Å². The molecule has 3 heteroatoms. The second-order valence-corrected chi connectivity index (χ2v) is 4.74. The maximum absolute atomic E-state index is 10.6. The van der Waals surface area contributed by atoms with Crippen molar-refractivity contribution in [2.45, 2.75) is 45.4 Å². The Balaban J connectivity index is 0.000000265. The molecule has 0 saturated carbocycles. The summed E-state index contributed by atoms with van der Waals surface area (Å²) in [5, 5.41) is 2.81. The molecule has 1 aliphatic rings. The van der Waals surface area contributed by atoms with Crippen LogP contribution >= 0.6 is 11.6 Å². The Morgan fingerprint density at radius 2 is 1.63 bits per heavy atom. The normalized spacial score (nSPS) is 13.9. The van der Waals surface area contributed by atoms with Crippen LogP contribution in [0.5, 0.6) is 0 Å². The third-order valence-corrected chi connectivity index (χ3v) is 2.82. The van der Waals surface area contributed by atoms with Crippen molar-refractivity contribution in [3.8, 4) is 0 Å². The molecule has 1 N–H and O–H groups in total. The van der Waals surface area contributed by atoms with Crippen molar-refractivity contribution in [3.05, 3.63) is 36.4 Å². The van der Waals surface area contributed by atoms with Gasteiger partial charge in [-0.15, -0.1) is 11.6 Å². The van der Waals surface area contributed by atoms with E-state index in [1.165, 1.54) is 12.8 Å². The molecule has 2 rings (SSSR count). The Bertz CT molecular complexity index is 251. The lowest BCUT2D eigenvalue weighted by atomic mass is 10.2. The van der Waals surface area contributed by atoms with Gasteiger partial charge in [-0.1, -0.05) is 56.2 Å². The van der Waals surface area contributed by atoms with Gasteiger partial charge in [0.1, 0.15) is 0 Å². The van der Waals surface area contributed by atoms with E-state index in [2.05, 4.69) is 12.2 Å². The third-order valence-electron chi connectivity index (χ3n) is 2.56. The highest BCUT2D eigenvalue weighted by Crippen LogP contribution is 2.02. The zero-order chi connectivity index (χ0) is 14.2. The van der Waals surface area contributed by atoms with Gasteiger partial charge in [-0.3, -0.25) is 4.79 Å². The lowest BCUT2D eigenvalue weighted by Gasteiger charge is -1.93. The molecule has 0 atom stereocenters. The number of halogens is 1. The van der Waals surface area contributed by atoms with Crippen molar-refractivity contribution >= 4 is 17.5 Å². The molecule has 1 heterocycles. The van der Waals surface area contributed by atoms with E-state index in [-0.39, 0.29) is 5.91 Å². The van der Waals surface area contributed by atoms with Crippen LogP contribution in [0.3, 0.4) is 0 Å². The topological polar surface area (TPSA) is 29.1 Å². The summed E-state index contributed by atoms with van der Waals surface area (Å²) >= 11 is 5.30. The summed E-state index contributed by atoms with van der Waals surface area (Å²) < 4.78 is 0. The summed E-state index contributed by atoms with van der Waals surface area (Å²) in [6.45, 7) is 3.02. The SMILES string of the molecule is CCCCCl.O=C1CCCCCN1.c1ccccc1. The van der Waals surface area contributed by atoms with E-state index in [1.54, 1.807) is 0 Å². The highest BCUT2D eigenvalue weighted by molar-refractivity contribution is 6.17. The summed E-state index contributed by atoms with van der Waals surface area (Å²) in [6, 6.07) is 12.0. The maximum Gasteiger partial charge on any atom is 0.219 e. The molecule has 1 fully saturated rings. The van der Waals surface area contributed by atoms with E-state index >= 15 is 0 Å². The number of rotatable bonds is 2. The molecule has 1 saturated heterocycles. The summed E-state index contributed by atoms with van der Waals surface area (Å²) in [6.07, 6.45) is 6.54. The van der Waals surface area contributed by atoms with Gasteiger partial charge >= 0.3 is 0 Å². The third kappa shape index (κ3) is 14.9. The first-order chi connectivity index (χ1) is 9.31. The number of nitrogens with one attached hydrogen (secondary N) is 1. The minimum absolute atomic E-state index is 0.225. The minimum Gasteiger partial charge on any atom is -0.356 e. The van der Waals surface area contributed by atoms with Crippen LogP contribution in [0.25, 0.3) is 0 Å². The molecule has 1 aromatic rings. The molecule has 108 valence electrons. The molecule has 0 unspecified atom stereocenters. The number of benzene rings is 1. The molecular formula is C16H26ClNO. The first-order valence-electron chi connectivity index (χ1n) is 7.14. The number of amides is 1. The van der Waals surface area contributed by atoms with E-state index in [9.17, 15) is 4.79 Å². The number of carbonyl (C=O) groups excluding carboxylic acids is 1. The molecule has 2 nitrogen and oxygen atoms in total. The second-order valence-electron chi connectivity index (χ2n) is 4.36. The fourth-order valence-corrected chi connectivity index (χ4v) is 1.69. The molecule has 0 aromatic heterocycles. The van der Waals surface area contributed by atoms with E-state index in [4.69, 9.17) is 11.6 Å². The van der Waals surface area contributed by atoms with Crippen LogP contribution in [0.1, 0.15) is 45.4 Å². The van der Waals surface area contributed by atoms with Gasteiger partial charge in [0.25, 0.3) is 0 Å². The first kappa shape index (κ1) is 18.0. The van der Waals surface area contributed by atoms with Crippen molar-refractivity contribution < 1.29 is 4.79 Å². The zero-order valence-electron chi connectivity index (χ0n) is 11.9. The van der Waals surface area contributed by atoms with E-state index in [0.717, 1.165) is 38.1 Å². The standard InChI is InChI=1S/C6H11NO.C6H6.C4H9Cl/c8-6-4-2-1-3-5-7-6;1-2-4-6-5-3-1;1-2-3-4-5/h1-5H2,(H,7,8);1-6H;2-4H2,1H3. The average molecular weight is 284 g/mol. The van der Waals surface area contributed by atoms with Crippen LogP contribution in [0, 0.1) is 0 Å². The zero-order valence-corrected chi connectivity index (χ0v) is 12.7. The monoisotopic (exact) mass is 283 g/mol. The Morgan fingerprint density at radius 1 is 1.05 bits per heavy atom. The average Bonchev–Trinajstić information content (AvgIpc) is 2.71. The van der Waals surface area contributed by atoms with Gasteiger partial charge in [-0.2, -0.15) is 0 Å². The van der Waals surface area contributed by atoms with Crippen molar-refractivity contribution in [3.63, 3.8) is 0 Å². The highest BCUT2D eigenvalue weighted by atomic mass is 35.5. The molecular weight excluding hydrogens is 258 g/mol. The summed E-state index contributed by atoms with van der Waals surface area (Å²) in [5.74, 6) is 1.04. The highest BCUT2D eigenvalue weighted by Gasteiger charge is 2.03. The smallest absolute Gasteiger partial charge is 0.219 e. The van der Waals surface area contributed by atoms with Crippen molar-refractivity contribution in [2.75, 3.05) is 12.4 Å². The summed E-state index contributed by atoms with van der Waals surface area (Å²) in [4.78, 5) is 10.6. The molecule has 0 bridgehead atoms. The first-order valence-corrected chi connectivity index (χ1v) is 7.67. The number of hydrogen-bond acceptors (Lipinski definition) is 1. The Labute approximate surface area is 122 Å². The fourth-order valence-electron chi connectivity index (χ4n) is 1.42. The molecule has 1 amide bonds. The van der Waals surface area contributed by atoms with Gasteiger partial charge in [0.2, 0.25) is 5.91 Å². The van der Waals surface area contributed by atoms with Crippen molar-refractivity contribution in [2.24, 2.45) is 0 Å². The Hall–Kier alpha value is -1.02. The second kappa shape index (κ2) is 15.0. The summed E-state index contributed by atoms with van der Waals surface area (Å²) in [5.41, 5.74) is 0. The predicted octanol–water partition coefficient (Wildman–Crippen LogP) is 4.39. The summed E-state index contributed by atoms with van der Waals surface area (Å²) in [7, 11) is 0. The quantitative estimate of drug-likeness (QED) is 0.802. The fraction of sp³-hybridized carbons (Fsp3) is 0.562. The van der Waals surface area contributed by atoms with Crippen LogP contribution in [-0.2, 0) is 4.79 Å². The van der Waals surface area contributed by atoms with Crippen LogP contribution in [0.2, 0.25) is 0 Å². The van der Waals surface area contributed by atoms with E-state index in [0.29, 0.717) is 0 Å². The predicted molar refractivity (Wildman–Crippen MR) is 83.5 cm³/mol. The van der Waals surface area contributed by atoms with Crippen LogP contribution < -0.4 is 5.32 Å². The van der Waals surface area contributed by atoms with Gasteiger partial charge in [-0.05, 0) is 19.3 Å². The molecule has 0 spiro atoms. The largest absolute Gasteiger partial charge is 0.356 e. The van der Waals surface area contributed by atoms with E-state index in [1.807, 2.05) is 36.4 Å². The van der Waals surface area contributed by atoms with Crippen LogP contribution in [-0.4, -0.2) is 18.3 Å². The molecule has 0 radical (unpaired) electrons. The number of hydrogen-bond donors (Lipinski definition) is 1. The van der Waals surface area contributed by atoms with Gasteiger partial charge in [-0.25, -0.2) is 0 Å². The van der Waals surface area contributed by atoms with Gasteiger partial charge in [0.05, 0.1) is 0 Å². The minimum atomic E-state index is 0.225. The lowest BCUT2D eigenvalue weighted by molar-refractivity contribution is -0.120. The molecule has 1 aliphatic heterocycles. The maximum atomic E-state index is 10.6. The number of alkyl halides is 1. The number of carbonyl (C=O) groups is 1.